The summed E-state index contributed by atoms with van der Waals surface area (Å²) in [6.45, 7) is 0. The van der Waals surface area contributed by atoms with Gasteiger partial charge in [0.15, 0.2) is 0 Å². The van der Waals surface area contributed by atoms with E-state index in [0.29, 0.717) is 17.1 Å². The molecule has 1 aromatic heterocycles. The van der Waals surface area contributed by atoms with Crippen molar-refractivity contribution in [3.8, 4) is 11.6 Å². The first kappa shape index (κ1) is 12.2. The van der Waals surface area contributed by atoms with E-state index >= 15 is 0 Å². The number of aromatic nitrogens is 1. The average Bonchev–Trinajstić information content (AvgIpc) is 2.82. The molecule has 0 aromatic carbocycles. The van der Waals surface area contributed by atoms with Gasteiger partial charge in [-0.05, 0) is 25.7 Å². The molecule has 6 heteroatoms. The lowest BCUT2D eigenvalue weighted by Crippen LogP contribution is -2.33. The van der Waals surface area contributed by atoms with E-state index in [9.17, 15) is 10.0 Å². The third-order valence-electron chi connectivity index (χ3n) is 2.96. The Labute approximate surface area is 101 Å². The van der Waals surface area contributed by atoms with Crippen molar-refractivity contribution in [3.63, 3.8) is 0 Å². The van der Waals surface area contributed by atoms with Crippen molar-refractivity contribution < 1.29 is 19.5 Å². The number of rotatable bonds is 4. The lowest BCUT2D eigenvalue weighted by atomic mass is 9.80. The zero-order valence-electron chi connectivity index (χ0n) is 9.80. The van der Waals surface area contributed by atoms with Crippen LogP contribution in [0.3, 0.4) is 0 Å². The molecule has 5 nitrogen and oxygen atoms in total. The minimum Gasteiger partial charge on any atom is -0.489 e. The van der Waals surface area contributed by atoms with Crippen LogP contribution in [0.15, 0.2) is 12.3 Å². The standard InChI is InChI=1S/C11H16BNO4/c1-16-11-6-9(12(14)15)10(7-13-11)17-8-4-2-3-5-8/h6-8,14-15H,2-5H2,1H3. The predicted octanol–water partition coefficient (Wildman–Crippen LogP) is 0.0914. The van der Waals surface area contributed by atoms with Crippen LogP contribution in [0.25, 0.3) is 0 Å². The third kappa shape index (κ3) is 2.89. The monoisotopic (exact) mass is 237 g/mol. The van der Waals surface area contributed by atoms with E-state index in [1.165, 1.54) is 19.4 Å². The van der Waals surface area contributed by atoms with Crippen molar-refractivity contribution in [2.45, 2.75) is 31.8 Å². The second-order valence-corrected chi connectivity index (χ2v) is 4.16. The van der Waals surface area contributed by atoms with Crippen LogP contribution < -0.4 is 14.9 Å². The van der Waals surface area contributed by atoms with Gasteiger partial charge in [0, 0.05) is 11.5 Å². The summed E-state index contributed by atoms with van der Waals surface area (Å²) in [4.78, 5) is 4.01. The molecular formula is C11H16BNO4. The van der Waals surface area contributed by atoms with Crippen LogP contribution in [0, 0.1) is 0 Å². The van der Waals surface area contributed by atoms with Crippen LogP contribution in [0.4, 0.5) is 0 Å². The zero-order chi connectivity index (χ0) is 12.3. The fraction of sp³-hybridized carbons (Fsp3) is 0.545. The molecule has 0 unspecified atom stereocenters. The Balaban J connectivity index is 2.19. The molecule has 0 saturated heterocycles. The zero-order valence-corrected chi connectivity index (χ0v) is 9.80. The largest absolute Gasteiger partial charge is 0.492 e. The molecule has 0 atom stereocenters. The van der Waals surface area contributed by atoms with Gasteiger partial charge in [-0.15, -0.1) is 0 Å². The predicted molar refractivity (Wildman–Crippen MR) is 63.5 cm³/mol. The maximum Gasteiger partial charge on any atom is 0.492 e. The molecule has 2 N–H and O–H groups in total. The van der Waals surface area contributed by atoms with Crippen molar-refractivity contribution >= 4 is 12.6 Å². The number of nitrogens with zero attached hydrogens (tertiary/aromatic N) is 1. The summed E-state index contributed by atoms with van der Waals surface area (Å²) in [5.41, 5.74) is 0.295. The van der Waals surface area contributed by atoms with Crippen molar-refractivity contribution in [1.82, 2.24) is 4.98 Å². The topological polar surface area (TPSA) is 71.8 Å². The van der Waals surface area contributed by atoms with E-state index in [1.807, 2.05) is 0 Å². The molecule has 1 saturated carbocycles. The Bertz CT molecular complexity index is 380. The quantitative estimate of drug-likeness (QED) is 0.726. The van der Waals surface area contributed by atoms with Gasteiger partial charge in [0.25, 0.3) is 0 Å². The van der Waals surface area contributed by atoms with Crippen molar-refractivity contribution in [2.75, 3.05) is 7.11 Å². The summed E-state index contributed by atoms with van der Waals surface area (Å²) >= 11 is 0. The molecule has 1 aliphatic carbocycles. The van der Waals surface area contributed by atoms with Gasteiger partial charge in [-0.3, -0.25) is 0 Å². The molecule has 0 aliphatic heterocycles. The average molecular weight is 237 g/mol. The van der Waals surface area contributed by atoms with Crippen molar-refractivity contribution in [2.24, 2.45) is 0 Å². The van der Waals surface area contributed by atoms with E-state index in [2.05, 4.69) is 4.98 Å². The molecule has 1 fully saturated rings. The van der Waals surface area contributed by atoms with Gasteiger partial charge in [0.1, 0.15) is 5.75 Å². The molecule has 0 radical (unpaired) electrons. The molecule has 1 aromatic rings. The summed E-state index contributed by atoms with van der Waals surface area (Å²) in [5.74, 6) is 0.763. The second kappa shape index (κ2) is 5.38. The van der Waals surface area contributed by atoms with E-state index < -0.39 is 7.12 Å². The van der Waals surface area contributed by atoms with Crippen molar-refractivity contribution in [3.05, 3.63) is 12.3 Å². The number of pyridine rings is 1. The first-order chi connectivity index (χ1) is 8.20. The number of hydrogen-bond donors (Lipinski definition) is 2. The summed E-state index contributed by atoms with van der Waals surface area (Å²) < 4.78 is 10.7. The molecule has 0 spiro atoms. The normalized spacial score (nSPS) is 15.9. The van der Waals surface area contributed by atoms with Gasteiger partial charge >= 0.3 is 7.12 Å². The van der Waals surface area contributed by atoms with Crippen molar-refractivity contribution in [1.29, 1.82) is 0 Å². The lowest BCUT2D eigenvalue weighted by molar-refractivity contribution is 0.210. The van der Waals surface area contributed by atoms with Gasteiger partial charge in [-0.25, -0.2) is 4.98 Å². The molecule has 2 rings (SSSR count). The summed E-state index contributed by atoms with van der Waals surface area (Å²) in [7, 11) is -0.101. The van der Waals surface area contributed by atoms with Crippen LogP contribution in [0.2, 0.25) is 0 Å². The highest BCUT2D eigenvalue weighted by Crippen LogP contribution is 2.23. The Morgan fingerprint density at radius 2 is 2.06 bits per heavy atom. The van der Waals surface area contributed by atoms with Crippen LogP contribution in [-0.4, -0.2) is 35.4 Å². The Morgan fingerprint density at radius 3 is 2.65 bits per heavy atom. The number of ether oxygens (including phenoxy) is 2. The first-order valence-electron chi connectivity index (χ1n) is 5.77. The van der Waals surface area contributed by atoms with Gasteiger partial charge in [0.05, 0.1) is 19.4 Å². The van der Waals surface area contributed by atoms with E-state index in [0.717, 1.165) is 25.7 Å². The molecule has 0 bridgehead atoms. The van der Waals surface area contributed by atoms with Crippen LogP contribution in [0.1, 0.15) is 25.7 Å². The smallest absolute Gasteiger partial charge is 0.489 e. The molecular weight excluding hydrogens is 221 g/mol. The highest BCUT2D eigenvalue weighted by atomic mass is 16.5. The third-order valence-corrected chi connectivity index (χ3v) is 2.96. The summed E-state index contributed by atoms with van der Waals surface area (Å²) in [6, 6.07) is 1.48. The maximum absolute atomic E-state index is 9.29. The molecule has 1 heterocycles. The van der Waals surface area contributed by atoms with E-state index in [-0.39, 0.29) is 6.10 Å². The minimum atomic E-state index is -1.58. The van der Waals surface area contributed by atoms with Gasteiger partial charge in [-0.2, -0.15) is 0 Å². The Hall–Kier alpha value is -1.27. The van der Waals surface area contributed by atoms with Gasteiger partial charge < -0.3 is 19.5 Å². The van der Waals surface area contributed by atoms with Crippen LogP contribution >= 0.6 is 0 Å². The Kier molecular flexibility index (Phi) is 3.86. The minimum absolute atomic E-state index is 0.155. The van der Waals surface area contributed by atoms with Crippen LogP contribution in [0.5, 0.6) is 11.6 Å². The number of hydrogen-bond acceptors (Lipinski definition) is 5. The maximum atomic E-state index is 9.29. The Morgan fingerprint density at radius 1 is 1.35 bits per heavy atom. The SMILES string of the molecule is COc1cc(B(O)O)c(OC2CCCC2)cn1. The fourth-order valence-corrected chi connectivity index (χ4v) is 2.04. The summed E-state index contributed by atoms with van der Waals surface area (Å²) in [5, 5.41) is 18.6. The second-order valence-electron chi connectivity index (χ2n) is 4.16. The molecule has 1 aliphatic rings. The van der Waals surface area contributed by atoms with Crippen LogP contribution in [-0.2, 0) is 0 Å². The lowest BCUT2D eigenvalue weighted by Gasteiger charge is -2.16. The highest BCUT2D eigenvalue weighted by molar-refractivity contribution is 6.59. The van der Waals surface area contributed by atoms with E-state index in [4.69, 9.17) is 9.47 Å². The summed E-state index contributed by atoms with van der Waals surface area (Å²) in [6.07, 6.45) is 5.96. The molecule has 17 heavy (non-hydrogen) atoms. The van der Waals surface area contributed by atoms with E-state index in [1.54, 1.807) is 0 Å². The first-order valence-corrected chi connectivity index (χ1v) is 5.77. The van der Waals surface area contributed by atoms with Gasteiger partial charge in [0.2, 0.25) is 5.88 Å². The van der Waals surface area contributed by atoms with Gasteiger partial charge in [-0.1, -0.05) is 0 Å². The molecule has 92 valence electrons. The number of methoxy groups -OCH3 is 1. The molecule has 0 amide bonds. The highest BCUT2D eigenvalue weighted by Gasteiger charge is 2.23. The fourth-order valence-electron chi connectivity index (χ4n) is 2.04.